The van der Waals surface area contributed by atoms with Gasteiger partial charge in [0, 0.05) is 19.7 Å². The monoisotopic (exact) mass is 228 g/mol. The lowest BCUT2D eigenvalue weighted by Crippen LogP contribution is -2.33. The first-order valence-electron chi connectivity index (χ1n) is 5.09. The van der Waals surface area contributed by atoms with Gasteiger partial charge in [-0.2, -0.15) is 0 Å². The van der Waals surface area contributed by atoms with Gasteiger partial charge < -0.3 is 16.2 Å². The first kappa shape index (κ1) is 12.3. The van der Waals surface area contributed by atoms with Gasteiger partial charge in [0.05, 0.1) is 0 Å². The van der Waals surface area contributed by atoms with Crippen LogP contribution in [0.4, 0.5) is 11.5 Å². The molecule has 0 fully saturated rings. The minimum atomic E-state index is -0.537. The number of nitrogens with one attached hydrogen (secondary N) is 2. The van der Waals surface area contributed by atoms with Crippen LogP contribution in [-0.4, -0.2) is 27.8 Å². The second-order valence-corrected chi connectivity index (χ2v) is 3.27. The van der Waals surface area contributed by atoms with E-state index in [4.69, 9.17) is 10.8 Å². The molecule has 0 saturated heterocycles. The quantitative estimate of drug-likeness (QED) is 0.479. The summed E-state index contributed by atoms with van der Waals surface area (Å²) in [7, 11) is 0. The van der Waals surface area contributed by atoms with E-state index in [1.54, 1.807) is 6.92 Å². The number of nitrogens with two attached hydrogens (primary N) is 1. The number of hydrogen-bond acceptors (Lipinski definition) is 5. The molecule has 0 aliphatic rings. The number of anilines is 2. The molecule has 0 aliphatic carbocycles. The van der Waals surface area contributed by atoms with Gasteiger partial charge in [0.15, 0.2) is 0 Å². The standard InChI is InChI=1S/C9H16N4O3/c1-2-13-7(10)6(11-4-3-5-14)8(15)12-9(13)16/h11,14H,2-5,10H2,1H3,(H,12,15,16). The van der Waals surface area contributed by atoms with Crippen LogP contribution >= 0.6 is 0 Å². The zero-order chi connectivity index (χ0) is 12.1. The van der Waals surface area contributed by atoms with Crippen molar-refractivity contribution in [3.05, 3.63) is 20.8 Å². The van der Waals surface area contributed by atoms with E-state index in [1.165, 1.54) is 4.57 Å². The topological polar surface area (TPSA) is 113 Å². The molecule has 1 aromatic heterocycles. The minimum absolute atomic E-state index is 0.0260. The van der Waals surface area contributed by atoms with Crippen molar-refractivity contribution in [1.29, 1.82) is 0 Å². The van der Waals surface area contributed by atoms with Crippen LogP contribution in [0.5, 0.6) is 0 Å². The Balaban J connectivity index is 3.08. The van der Waals surface area contributed by atoms with Crippen molar-refractivity contribution < 1.29 is 5.11 Å². The van der Waals surface area contributed by atoms with E-state index >= 15 is 0 Å². The highest BCUT2D eigenvalue weighted by atomic mass is 16.3. The van der Waals surface area contributed by atoms with Crippen molar-refractivity contribution in [3.8, 4) is 0 Å². The molecule has 0 unspecified atom stereocenters. The van der Waals surface area contributed by atoms with Crippen LogP contribution in [0.1, 0.15) is 13.3 Å². The van der Waals surface area contributed by atoms with Crippen molar-refractivity contribution in [2.24, 2.45) is 0 Å². The van der Waals surface area contributed by atoms with Gasteiger partial charge in [-0.1, -0.05) is 0 Å². The van der Waals surface area contributed by atoms with Gasteiger partial charge in [0.2, 0.25) is 0 Å². The van der Waals surface area contributed by atoms with Crippen molar-refractivity contribution in [1.82, 2.24) is 9.55 Å². The molecule has 1 rings (SSSR count). The van der Waals surface area contributed by atoms with Gasteiger partial charge in [-0.05, 0) is 13.3 Å². The lowest BCUT2D eigenvalue weighted by molar-refractivity contribution is 0.292. The summed E-state index contributed by atoms with van der Waals surface area (Å²) in [6, 6.07) is 0. The Morgan fingerprint density at radius 1 is 1.50 bits per heavy atom. The summed E-state index contributed by atoms with van der Waals surface area (Å²) < 4.78 is 1.27. The highest BCUT2D eigenvalue weighted by molar-refractivity contribution is 5.60. The SMILES string of the molecule is CCn1c(N)c(NCCCO)c(=O)[nH]c1=O. The van der Waals surface area contributed by atoms with Gasteiger partial charge in [-0.25, -0.2) is 4.79 Å². The van der Waals surface area contributed by atoms with E-state index in [-0.39, 0.29) is 18.1 Å². The number of rotatable bonds is 5. The Kier molecular flexibility index (Phi) is 4.12. The molecule has 0 spiro atoms. The summed E-state index contributed by atoms with van der Waals surface area (Å²) in [6.07, 6.45) is 0.504. The third-order valence-electron chi connectivity index (χ3n) is 2.19. The smallest absolute Gasteiger partial charge is 0.330 e. The third kappa shape index (κ3) is 2.43. The van der Waals surface area contributed by atoms with Crippen LogP contribution in [0.15, 0.2) is 9.59 Å². The summed E-state index contributed by atoms with van der Waals surface area (Å²) in [5, 5.41) is 11.4. The molecule has 90 valence electrons. The van der Waals surface area contributed by atoms with Crippen LogP contribution < -0.4 is 22.3 Å². The highest BCUT2D eigenvalue weighted by Gasteiger charge is 2.09. The second kappa shape index (κ2) is 5.36. The highest BCUT2D eigenvalue weighted by Crippen LogP contribution is 2.09. The molecule has 16 heavy (non-hydrogen) atoms. The van der Waals surface area contributed by atoms with Gasteiger partial charge in [0.25, 0.3) is 5.56 Å². The molecule has 0 atom stereocenters. The molecular weight excluding hydrogens is 212 g/mol. The molecule has 0 saturated carbocycles. The van der Waals surface area contributed by atoms with Crippen molar-refractivity contribution in [2.45, 2.75) is 19.9 Å². The Bertz CT molecular complexity index is 463. The summed E-state index contributed by atoms with van der Waals surface area (Å²) in [5.74, 6) is 0.120. The molecule has 7 nitrogen and oxygen atoms in total. The summed E-state index contributed by atoms with van der Waals surface area (Å²) in [5.41, 5.74) is 4.82. The van der Waals surface area contributed by atoms with Gasteiger partial charge >= 0.3 is 5.69 Å². The maximum Gasteiger partial charge on any atom is 0.330 e. The molecule has 5 N–H and O–H groups in total. The molecule has 0 aliphatic heterocycles. The lowest BCUT2D eigenvalue weighted by atomic mass is 10.4. The lowest BCUT2D eigenvalue weighted by Gasteiger charge is -2.11. The largest absolute Gasteiger partial charge is 0.396 e. The van der Waals surface area contributed by atoms with Gasteiger partial charge in [-0.15, -0.1) is 0 Å². The van der Waals surface area contributed by atoms with Gasteiger partial charge in [-0.3, -0.25) is 14.3 Å². The number of H-pyrrole nitrogens is 1. The first-order valence-corrected chi connectivity index (χ1v) is 5.09. The van der Waals surface area contributed by atoms with E-state index in [2.05, 4.69) is 10.3 Å². The molecular formula is C9H16N4O3. The molecule has 1 heterocycles. The zero-order valence-electron chi connectivity index (χ0n) is 9.12. The summed E-state index contributed by atoms with van der Waals surface area (Å²) >= 11 is 0. The number of nitrogens with zero attached hydrogens (tertiary/aromatic N) is 1. The number of aromatic amines is 1. The third-order valence-corrected chi connectivity index (χ3v) is 2.19. The molecule has 0 amide bonds. The molecule has 0 aromatic carbocycles. The van der Waals surface area contributed by atoms with E-state index in [0.717, 1.165) is 0 Å². The Morgan fingerprint density at radius 2 is 2.19 bits per heavy atom. The number of hydrogen-bond donors (Lipinski definition) is 4. The fourth-order valence-corrected chi connectivity index (χ4v) is 1.37. The van der Waals surface area contributed by atoms with E-state index < -0.39 is 11.2 Å². The summed E-state index contributed by atoms with van der Waals surface area (Å²) in [6.45, 7) is 2.59. The van der Waals surface area contributed by atoms with E-state index in [1.807, 2.05) is 0 Å². The maximum atomic E-state index is 11.4. The predicted molar refractivity (Wildman–Crippen MR) is 61.6 cm³/mol. The number of aliphatic hydroxyl groups is 1. The van der Waals surface area contributed by atoms with Crippen LogP contribution in [0, 0.1) is 0 Å². The number of aromatic nitrogens is 2. The van der Waals surface area contributed by atoms with E-state index in [9.17, 15) is 9.59 Å². The molecule has 7 heteroatoms. The van der Waals surface area contributed by atoms with Crippen LogP contribution in [0.2, 0.25) is 0 Å². The number of nitrogen functional groups attached to an aromatic ring is 1. The summed E-state index contributed by atoms with van der Waals surface area (Å²) in [4.78, 5) is 25.0. The minimum Gasteiger partial charge on any atom is -0.396 e. The van der Waals surface area contributed by atoms with Crippen molar-refractivity contribution in [3.63, 3.8) is 0 Å². The maximum absolute atomic E-state index is 11.4. The average Bonchev–Trinajstić information content (AvgIpc) is 2.23. The molecule has 0 bridgehead atoms. The Labute approximate surface area is 91.9 Å². The Hall–Kier alpha value is -1.76. The van der Waals surface area contributed by atoms with Crippen LogP contribution in [-0.2, 0) is 6.54 Å². The fourth-order valence-electron chi connectivity index (χ4n) is 1.37. The van der Waals surface area contributed by atoms with Crippen LogP contribution in [0.3, 0.4) is 0 Å². The predicted octanol–water partition coefficient (Wildman–Crippen LogP) is -1.07. The van der Waals surface area contributed by atoms with Gasteiger partial charge in [0.1, 0.15) is 11.5 Å². The zero-order valence-corrected chi connectivity index (χ0v) is 9.12. The van der Waals surface area contributed by atoms with Crippen LogP contribution in [0.25, 0.3) is 0 Å². The van der Waals surface area contributed by atoms with Crippen molar-refractivity contribution >= 4 is 11.5 Å². The van der Waals surface area contributed by atoms with E-state index in [0.29, 0.717) is 19.5 Å². The number of aliphatic hydroxyl groups excluding tert-OH is 1. The molecule has 1 aromatic rings. The average molecular weight is 228 g/mol. The first-order chi connectivity index (χ1) is 7.61. The fraction of sp³-hybridized carbons (Fsp3) is 0.556. The second-order valence-electron chi connectivity index (χ2n) is 3.27. The molecule has 0 radical (unpaired) electrons. The Morgan fingerprint density at radius 3 is 2.75 bits per heavy atom. The normalized spacial score (nSPS) is 10.4. The van der Waals surface area contributed by atoms with Crippen molar-refractivity contribution in [2.75, 3.05) is 24.2 Å².